The van der Waals surface area contributed by atoms with Crippen LogP contribution in [-0.2, 0) is 7.05 Å². The van der Waals surface area contributed by atoms with E-state index < -0.39 is 0 Å². The van der Waals surface area contributed by atoms with Crippen LogP contribution in [0.4, 0.5) is 0 Å². The Morgan fingerprint density at radius 2 is 1.81 bits per heavy atom. The van der Waals surface area contributed by atoms with E-state index in [0.29, 0.717) is 0 Å². The predicted molar refractivity (Wildman–Crippen MR) is 66.2 cm³/mol. The fourth-order valence-electron chi connectivity index (χ4n) is 2.05. The van der Waals surface area contributed by atoms with Crippen LogP contribution in [0.15, 0.2) is 54.7 Å². The van der Waals surface area contributed by atoms with E-state index in [0.717, 1.165) is 11.4 Å². The fraction of sp³-hybridized carbons (Fsp3) is 0.0714. The minimum Gasteiger partial charge on any atom is -0.342 e. The molecule has 16 heavy (non-hydrogen) atoms. The van der Waals surface area contributed by atoms with Gasteiger partial charge in [-0.1, -0.05) is 24.3 Å². The molecule has 2 heteroatoms. The lowest BCUT2D eigenvalue weighted by atomic mass is 10.2. The van der Waals surface area contributed by atoms with E-state index in [4.69, 9.17) is 0 Å². The Labute approximate surface area is 94.2 Å². The van der Waals surface area contributed by atoms with Crippen molar-refractivity contribution >= 4 is 10.9 Å². The van der Waals surface area contributed by atoms with Gasteiger partial charge >= 0.3 is 0 Å². The molecule has 1 aromatic carbocycles. The largest absolute Gasteiger partial charge is 0.342 e. The van der Waals surface area contributed by atoms with Gasteiger partial charge < -0.3 is 4.57 Å². The van der Waals surface area contributed by atoms with Crippen LogP contribution >= 0.6 is 0 Å². The molecule has 0 atom stereocenters. The van der Waals surface area contributed by atoms with Crippen LogP contribution in [0.2, 0.25) is 0 Å². The molecule has 3 rings (SSSR count). The molecule has 0 saturated carbocycles. The van der Waals surface area contributed by atoms with Crippen molar-refractivity contribution in [1.29, 1.82) is 0 Å². The molecule has 78 valence electrons. The summed E-state index contributed by atoms with van der Waals surface area (Å²) < 4.78 is 2.18. The molecule has 0 aliphatic heterocycles. The summed E-state index contributed by atoms with van der Waals surface area (Å²) in [4.78, 5) is 4.38. The summed E-state index contributed by atoms with van der Waals surface area (Å²) in [6.07, 6.45) is 1.83. The molecule has 3 aromatic rings. The second-order valence-electron chi connectivity index (χ2n) is 3.86. The average molecular weight is 208 g/mol. The van der Waals surface area contributed by atoms with Gasteiger partial charge in [-0.25, -0.2) is 0 Å². The first-order chi connectivity index (χ1) is 7.86. The van der Waals surface area contributed by atoms with E-state index >= 15 is 0 Å². The van der Waals surface area contributed by atoms with Crippen molar-refractivity contribution in [1.82, 2.24) is 9.55 Å². The summed E-state index contributed by atoms with van der Waals surface area (Å²) in [6.45, 7) is 0. The second kappa shape index (κ2) is 3.49. The molecular weight excluding hydrogens is 196 g/mol. The van der Waals surface area contributed by atoms with Crippen LogP contribution in [0.3, 0.4) is 0 Å². The standard InChI is InChI=1S/C14H12N2/c1-16-13-8-3-2-6-11(13)10-14(16)12-7-4-5-9-15-12/h2-10H,1H3. The summed E-state index contributed by atoms with van der Waals surface area (Å²) in [7, 11) is 2.08. The number of benzene rings is 1. The molecule has 0 bridgehead atoms. The van der Waals surface area contributed by atoms with Crippen molar-refractivity contribution in [2.75, 3.05) is 0 Å². The first-order valence-corrected chi connectivity index (χ1v) is 5.32. The monoisotopic (exact) mass is 208 g/mol. The van der Waals surface area contributed by atoms with E-state index in [9.17, 15) is 0 Å². The van der Waals surface area contributed by atoms with E-state index in [1.807, 2.05) is 24.4 Å². The molecule has 0 saturated heterocycles. The number of nitrogens with zero attached hydrogens (tertiary/aromatic N) is 2. The van der Waals surface area contributed by atoms with Crippen LogP contribution in [0.1, 0.15) is 0 Å². The van der Waals surface area contributed by atoms with Gasteiger partial charge in [0.05, 0.1) is 11.4 Å². The highest BCUT2D eigenvalue weighted by molar-refractivity contribution is 5.86. The van der Waals surface area contributed by atoms with Crippen molar-refractivity contribution in [2.24, 2.45) is 7.05 Å². The number of fused-ring (bicyclic) bond motifs is 1. The molecule has 0 spiro atoms. The Morgan fingerprint density at radius 3 is 2.56 bits per heavy atom. The topological polar surface area (TPSA) is 17.8 Å². The summed E-state index contributed by atoms with van der Waals surface area (Å²) in [6, 6.07) is 16.5. The number of rotatable bonds is 1. The van der Waals surface area contributed by atoms with Crippen molar-refractivity contribution in [3.05, 3.63) is 54.7 Å². The molecule has 0 unspecified atom stereocenters. The molecule has 0 aliphatic rings. The maximum absolute atomic E-state index is 4.38. The summed E-state index contributed by atoms with van der Waals surface area (Å²) in [5.74, 6) is 0. The zero-order chi connectivity index (χ0) is 11.0. The second-order valence-corrected chi connectivity index (χ2v) is 3.86. The van der Waals surface area contributed by atoms with E-state index in [1.54, 1.807) is 0 Å². The lowest BCUT2D eigenvalue weighted by Crippen LogP contribution is -1.92. The number of para-hydroxylation sites is 1. The molecule has 0 amide bonds. The lowest BCUT2D eigenvalue weighted by Gasteiger charge is -2.02. The zero-order valence-electron chi connectivity index (χ0n) is 9.09. The molecule has 0 aliphatic carbocycles. The number of pyridine rings is 1. The minimum absolute atomic E-state index is 1.02. The Morgan fingerprint density at radius 1 is 1.00 bits per heavy atom. The Bertz CT molecular complexity index is 624. The van der Waals surface area contributed by atoms with E-state index in [1.165, 1.54) is 10.9 Å². The van der Waals surface area contributed by atoms with Crippen LogP contribution < -0.4 is 0 Å². The van der Waals surface area contributed by atoms with E-state index in [-0.39, 0.29) is 0 Å². The van der Waals surface area contributed by atoms with Crippen LogP contribution in [-0.4, -0.2) is 9.55 Å². The average Bonchev–Trinajstić information content (AvgIpc) is 2.69. The summed E-state index contributed by atoms with van der Waals surface area (Å²) in [5.41, 5.74) is 3.41. The molecule has 0 fully saturated rings. The van der Waals surface area contributed by atoms with Crippen LogP contribution in [0.25, 0.3) is 22.3 Å². The smallest absolute Gasteiger partial charge is 0.0866 e. The van der Waals surface area contributed by atoms with Gasteiger partial charge in [0.15, 0.2) is 0 Å². The van der Waals surface area contributed by atoms with Gasteiger partial charge in [0.1, 0.15) is 0 Å². The van der Waals surface area contributed by atoms with Crippen molar-refractivity contribution in [3.63, 3.8) is 0 Å². The number of aromatic nitrogens is 2. The molecule has 2 aromatic heterocycles. The van der Waals surface area contributed by atoms with Crippen molar-refractivity contribution in [2.45, 2.75) is 0 Å². The third kappa shape index (κ3) is 1.31. The van der Waals surface area contributed by atoms with Gasteiger partial charge in [-0.3, -0.25) is 4.98 Å². The first-order valence-electron chi connectivity index (χ1n) is 5.32. The number of hydrogen-bond acceptors (Lipinski definition) is 1. The molecular formula is C14H12N2. The first kappa shape index (κ1) is 9.16. The lowest BCUT2D eigenvalue weighted by molar-refractivity contribution is 0.970. The maximum Gasteiger partial charge on any atom is 0.0866 e. The molecule has 2 heterocycles. The van der Waals surface area contributed by atoms with E-state index in [2.05, 4.69) is 46.9 Å². The number of aryl methyl sites for hydroxylation is 1. The highest BCUT2D eigenvalue weighted by Crippen LogP contribution is 2.25. The van der Waals surface area contributed by atoms with Gasteiger partial charge in [0, 0.05) is 24.1 Å². The Balaban J connectivity index is 2.29. The van der Waals surface area contributed by atoms with Crippen molar-refractivity contribution in [3.8, 4) is 11.4 Å². The summed E-state index contributed by atoms with van der Waals surface area (Å²) >= 11 is 0. The zero-order valence-corrected chi connectivity index (χ0v) is 9.09. The normalized spacial score (nSPS) is 10.8. The third-order valence-electron chi connectivity index (χ3n) is 2.88. The highest BCUT2D eigenvalue weighted by atomic mass is 15.0. The number of hydrogen-bond donors (Lipinski definition) is 0. The fourth-order valence-corrected chi connectivity index (χ4v) is 2.05. The van der Waals surface area contributed by atoms with Gasteiger partial charge in [-0.2, -0.15) is 0 Å². The highest BCUT2D eigenvalue weighted by Gasteiger charge is 2.07. The molecule has 2 nitrogen and oxygen atoms in total. The van der Waals surface area contributed by atoms with Crippen molar-refractivity contribution < 1.29 is 0 Å². The van der Waals surface area contributed by atoms with Gasteiger partial charge in [0.25, 0.3) is 0 Å². The third-order valence-corrected chi connectivity index (χ3v) is 2.88. The molecule has 0 radical (unpaired) electrons. The van der Waals surface area contributed by atoms with Crippen LogP contribution in [0, 0.1) is 0 Å². The quantitative estimate of drug-likeness (QED) is 0.600. The maximum atomic E-state index is 4.38. The van der Waals surface area contributed by atoms with Crippen LogP contribution in [0.5, 0.6) is 0 Å². The van der Waals surface area contributed by atoms with Gasteiger partial charge in [-0.05, 0) is 24.3 Å². The SMILES string of the molecule is Cn1c(-c2ccccn2)cc2ccccc21. The summed E-state index contributed by atoms with van der Waals surface area (Å²) in [5, 5.41) is 1.26. The van der Waals surface area contributed by atoms with Gasteiger partial charge in [0.2, 0.25) is 0 Å². The Kier molecular flexibility index (Phi) is 2.00. The Hall–Kier alpha value is -2.09. The minimum atomic E-state index is 1.02. The molecule has 0 N–H and O–H groups in total. The predicted octanol–water partition coefficient (Wildman–Crippen LogP) is 3.24. The van der Waals surface area contributed by atoms with Gasteiger partial charge in [-0.15, -0.1) is 0 Å².